The van der Waals surface area contributed by atoms with Crippen LogP contribution in [0.3, 0.4) is 0 Å². The second-order valence-electron chi connectivity index (χ2n) is 5.65. The molecule has 1 amide bonds. The Kier molecular flexibility index (Phi) is 4.16. The molecule has 0 bridgehead atoms. The van der Waals surface area contributed by atoms with Crippen molar-refractivity contribution in [1.82, 2.24) is 20.1 Å². The average Bonchev–Trinajstić information content (AvgIpc) is 2.73. The van der Waals surface area contributed by atoms with Crippen molar-refractivity contribution in [1.29, 1.82) is 0 Å². The molecule has 7 nitrogen and oxygen atoms in total. The second kappa shape index (κ2) is 5.75. The van der Waals surface area contributed by atoms with Crippen LogP contribution < -0.4 is 5.32 Å². The predicted octanol–water partition coefficient (Wildman–Crippen LogP) is 1.65. The Bertz CT molecular complexity index is 738. The van der Waals surface area contributed by atoms with Crippen LogP contribution in [0, 0.1) is 6.92 Å². The zero-order valence-electron chi connectivity index (χ0n) is 13.2. The van der Waals surface area contributed by atoms with E-state index >= 15 is 0 Å². The summed E-state index contributed by atoms with van der Waals surface area (Å²) in [6.45, 7) is 5.22. The summed E-state index contributed by atoms with van der Waals surface area (Å²) in [4.78, 5) is 28.0. The Morgan fingerprint density at radius 3 is 2.73 bits per heavy atom. The topological polar surface area (TPSA) is 97.1 Å². The van der Waals surface area contributed by atoms with Gasteiger partial charge in [-0.25, -0.2) is 9.78 Å². The number of fused-ring (bicyclic) bond motifs is 1. The number of carboxylic acids is 1. The highest BCUT2D eigenvalue weighted by Crippen LogP contribution is 2.18. The van der Waals surface area contributed by atoms with E-state index in [0.717, 1.165) is 11.1 Å². The lowest BCUT2D eigenvalue weighted by atomic mass is 9.96. The van der Waals surface area contributed by atoms with Crippen LogP contribution in [-0.2, 0) is 11.8 Å². The van der Waals surface area contributed by atoms with Crippen LogP contribution in [0.5, 0.6) is 0 Å². The molecule has 0 aliphatic heterocycles. The minimum Gasteiger partial charge on any atom is -0.480 e. The van der Waals surface area contributed by atoms with Crippen molar-refractivity contribution < 1.29 is 14.7 Å². The van der Waals surface area contributed by atoms with E-state index in [9.17, 15) is 14.7 Å². The van der Waals surface area contributed by atoms with Crippen LogP contribution in [0.1, 0.15) is 42.7 Å². The van der Waals surface area contributed by atoms with Gasteiger partial charge in [-0.15, -0.1) is 0 Å². The molecule has 2 aromatic rings. The van der Waals surface area contributed by atoms with E-state index in [1.54, 1.807) is 17.8 Å². The Balaban J connectivity index is 2.33. The van der Waals surface area contributed by atoms with Gasteiger partial charge in [0.1, 0.15) is 5.54 Å². The molecule has 0 spiro atoms. The van der Waals surface area contributed by atoms with Crippen molar-refractivity contribution >= 4 is 22.9 Å². The van der Waals surface area contributed by atoms with E-state index in [-0.39, 0.29) is 0 Å². The van der Waals surface area contributed by atoms with Gasteiger partial charge in [0, 0.05) is 18.6 Å². The zero-order chi connectivity index (χ0) is 16.5. The van der Waals surface area contributed by atoms with Crippen molar-refractivity contribution in [2.45, 2.75) is 39.2 Å². The maximum absolute atomic E-state index is 12.4. The summed E-state index contributed by atoms with van der Waals surface area (Å²) in [5.74, 6) is -1.50. The van der Waals surface area contributed by atoms with Gasteiger partial charge in [-0.05, 0) is 26.3 Å². The van der Waals surface area contributed by atoms with Crippen molar-refractivity contribution in [3.05, 3.63) is 23.5 Å². The molecule has 0 aliphatic rings. The molecule has 0 saturated heterocycles. The molecule has 0 aliphatic carbocycles. The molecule has 2 aromatic heterocycles. The van der Waals surface area contributed by atoms with Crippen molar-refractivity contribution in [2.75, 3.05) is 0 Å². The van der Waals surface area contributed by atoms with Crippen LogP contribution in [0.4, 0.5) is 0 Å². The number of carbonyl (C=O) groups excluding carboxylic acids is 1. The third kappa shape index (κ3) is 2.79. The van der Waals surface area contributed by atoms with E-state index in [1.165, 1.54) is 13.1 Å². The first-order valence-electron chi connectivity index (χ1n) is 7.13. The van der Waals surface area contributed by atoms with Gasteiger partial charge in [0.15, 0.2) is 5.65 Å². The Labute approximate surface area is 128 Å². The highest BCUT2D eigenvalue weighted by molar-refractivity contribution is 5.99. The van der Waals surface area contributed by atoms with Crippen molar-refractivity contribution in [3.63, 3.8) is 0 Å². The number of hydrogen-bond donors (Lipinski definition) is 2. The maximum Gasteiger partial charge on any atom is 0.329 e. The number of nitrogens with zero attached hydrogens (tertiary/aromatic N) is 3. The summed E-state index contributed by atoms with van der Waals surface area (Å²) in [6, 6.07) is 1.69. The van der Waals surface area contributed by atoms with E-state index in [1.807, 2.05) is 13.8 Å². The van der Waals surface area contributed by atoms with Gasteiger partial charge in [-0.3, -0.25) is 9.48 Å². The molecule has 1 atom stereocenters. The van der Waals surface area contributed by atoms with Gasteiger partial charge in [0.2, 0.25) is 0 Å². The number of carboxylic acid groups (broad SMARTS) is 1. The number of aromatic nitrogens is 3. The Hall–Kier alpha value is -2.44. The van der Waals surface area contributed by atoms with Gasteiger partial charge in [0.05, 0.1) is 11.3 Å². The van der Waals surface area contributed by atoms with E-state index in [2.05, 4.69) is 15.4 Å². The van der Waals surface area contributed by atoms with E-state index in [4.69, 9.17) is 0 Å². The minimum atomic E-state index is -1.29. The summed E-state index contributed by atoms with van der Waals surface area (Å²) in [5.41, 5.74) is 0.495. The van der Waals surface area contributed by atoms with Crippen LogP contribution in [-0.4, -0.2) is 37.3 Å². The molecular weight excluding hydrogens is 284 g/mol. The molecule has 0 fully saturated rings. The van der Waals surface area contributed by atoms with Gasteiger partial charge in [-0.1, -0.05) is 13.3 Å². The molecule has 2 N–H and O–H groups in total. The second-order valence-corrected chi connectivity index (χ2v) is 5.65. The van der Waals surface area contributed by atoms with E-state index < -0.39 is 17.4 Å². The number of amides is 1. The van der Waals surface area contributed by atoms with Crippen LogP contribution in [0.2, 0.25) is 0 Å². The lowest BCUT2D eigenvalue weighted by Crippen LogP contribution is -2.52. The van der Waals surface area contributed by atoms with Crippen molar-refractivity contribution in [2.24, 2.45) is 7.05 Å². The first-order chi connectivity index (χ1) is 10.3. The average molecular weight is 304 g/mol. The van der Waals surface area contributed by atoms with Crippen LogP contribution >= 0.6 is 0 Å². The molecule has 0 radical (unpaired) electrons. The summed E-state index contributed by atoms with van der Waals surface area (Å²) < 4.78 is 1.64. The minimum absolute atomic E-state index is 0.326. The highest BCUT2D eigenvalue weighted by Gasteiger charge is 2.34. The fraction of sp³-hybridized carbons (Fsp3) is 0.467. The van der Waals surface area contributed by atoms with Crippen LogP contribution in [0.15, 0.2) is 12.3 Å². The summed E-state index contributed by atoms with van der Waals surface area (Å²) >= 11 is 0. The fourth-order valence-corrected chi connectivity index (χ4v) is 2.48. The quantitative estimate of drug-likeness (QED) is 0.875. The molecule has 22 heavy (non-hydrogen) atoms. The lowest BCUT2D eigenvalue weighted by molar-refractivity contribution is -0.144. The monoisotopic (exact) mass is 304 g/mol. The van der Waals surface area contributed by atoms with E-state index in [0.29, 0.717) is 24.1 Å². The number of rotatable bonds is 5. The zero-order valence-corrected chi connectivity index (χ0v) is 13.2. The number of pyridine rings is 1. The SMILES string of the molecule is CCCC(C)(NC(=O)c1cnc2c(c1)c(C)nn2C)C(=O)O. The Morgan fingerprint density at radius 1 is 1.45 bits per heavy atom. The third-order valence-corrected chi connectivity index (χ3v) is 3.74. The molecule has 7 heteroatoms. The van der Waals surface area contributed by atoms with Crippen LogP contribution in [0.25, 0.3) is 11.0 Å². The van der Waals surface area contributed by atoms with Crippen molar-refractivity contribution in [3.8, 4) is 0 Å². The first kappa shape index (κ1) is 15.9. The van der Waals surface area contributed by atoms with Gasteiger partial charge in [-0.2, -0.15) is 5.10 Å². The molecule has 2 heterocycles. The molecule has 0 saturated carbocycles. The molecular formula is C15H20N4O3. The lowest BCUT2D eigenvalue weighted by Gasteiger charge is -2.25. The molecule has 0 aromatic carbocycles. The summed E-state index contributed by atoms with van der Waals surface area (Å²) in [6.07, 6.45) is 2.45. The largest absolute Gasteiger partial charge is 0.480 e. The number of carbonyl (C=O) groups is 2. The predicted molar refractivity (Wildman–Crippen MR) is 81.7 cm³/mol. The van der Waals surface area contributed by atoms with Gasteiger partial charge >= 0.3 is 5.97 Å². The normalized spacial score (nSPS) is 13.8. The number of hydrogen-bond acceptors (Lipinski definition) is 4. The Morgan fingerprint density at radius 2 is 2.14 bits per heavy atom. The molecule has 2 rings (SSSR count). The number of aryl methyl sites for hydroxylation is 2. The maximum atomic E-state index is 12.4. The number of nitrogens with one attached hydrogen (secondary N) is 1. The highest BCUT2D eigenvalue weighted by atomic mass is 16.4. The summed E-state index contributed by atoms with van der Waals surface area (Å²) in [5, 5.41) is 17.0. The fourth-order valence-electron chi connectivity index (χ4n) is 2.48. The first-order valence-corrected chi connectivity index (χ1v) is 7.13. The molecule has 1 unspecified atom stereocenters. The standard InChI is InChI=1S/C15H20N4O3/c1-5-6-15(3,14(21)22)17-13(20)10-7-11-9(2)18-19(4)12(11)16-8-10/h7-8H,5-6H2,1-4H3,(H,17,20)(H,21,22). The van der Waals surface area contributed by atoms with Gasteiger partial charge < -0.3 is 10.4 Å². The van der Waals surface area contributed by atoms with Gasteiger partial charge in [0.25, 0.3) is 5.91 Å². The molecule has 118 valence electrons. The third-order valence-electron chi connectivity index (χ3n) is 3.74. The number of aliphatic carboxylic acids is 1. The smallest absolute Gasteiger partial charge is 0.329 e. The summed E-state index contributed by atoms with van der Waals surface area (Å²) in [7, 11) is 1.78.